The van der Waals surface area contributed by atoms with Crippen molar-refractivity contribution in [3.8, 4) is 0 Å². The van der Waals surface area contributed by atoms with Gasteiger partial charge < -0.3 is 10.2 Å². The second-order valence-electron chi connectivity index (χ2n) is 4.53. The van der Waals surface area contributed by atoms with E-state index in [0.29, 0.717) is 5.96 Å². The Morgan fingerprint density at radius 1 is 1.40 bits per heavy atom. The number of nitrogens with one attached hydrogen (secondary N) is 1. The zero-order valence-corrected chi connectivity index (χ0v) is 11.5. The molecule has 2 heterocycles. The summed E-state index contributed by atoms with van der Waals surface area (Å²) in [6.07, 6.45) is 8.40. The number of allylic oxidation sites excluding steroid dienone is 1. The Labute approximate surface area is 119 Å². The molecule has 0 unspecified atom stereocenters. The highest BCUT2D eigenvalue weighted by Crippen LogP contribution is 2.27. The van der Waals surface area contributed by atoms with Crippen LogP contribution in [0.3, 0.4) is 0 Å². The average molecular weight is 269 g/mol. The van der Waals surface area contributed by atoms with Crippen molar-refractivity contribution in [3.63, 3.8) is 0 Å². The lowest BCUT2D eigenvalue weighted by Gasteiger charge is -2.30. The van der Waals surface area contributed by atoms with E-state index in [2.05, 4.69) is 45.1 Å². The lowest BCUT2D eigenvalue weighted by Crippen LogP contribution is -2.27. The highest BCUT2D eigenvalue weighted by Gasteiger charge is 2.15. The van der Waals surface area contributed by atoms with Crippen LogP contribution in [0.25, 0.3) is 0 Å². The minimum atomic E-state index is 0.399. The first kappa shape index (κ1) is 14.0. The van der Waals surface area contributed by atoms with Crippen molar-refractivity contribution in [3.05, 3.63) is 43.5 Å². The third-order valence-electron chi connectivity index (χ3n) is 3.13. The predicted octanol–water partition coefficient (Wildman–Crippen LogP) is 3.20. The maximum absolute atomic E-state index is 4.25. The molecule has 0 aromatic carbocycles. The molecule has 1 aliphatic rings. The molecule has 0 radical (unpaired) electrons. The standard InChI is InChI=1S/C15H19N5/c1-4-18-15(16-3)19-13-9-14(11-17-10-13)20-8-6-5-7-12(20)2/h4,9-11H,1-3,5-8H2,(H,18,19). The van der Waals surface area contributed by atoms with Crippen LogP contribution in [-0.4, -0.2) is 24.2 Å². The Morgan fingerprint density at radius 3 is 2.95 bits per heavy atom. The van der Waals surface area contributed by atoms with Gasteiger partial charge in [-0.15, -0.1) is 0 Å². The minimum Gasteiger partial charge on any atom is -0.344 e. The SMILES string of the molecule is C=CN=C(N=C)Nc1cncc(N2CCCCC2=C)c1. The van der Waals surface area contributed by atoms with Gasteiger partial charge in [-0.2, -0.15) is 0 Å². The molecular formula is C15H19N5. The Kier molecular flexibility index (Phi) is 4.65. The van der Waals surface area contributed by atoms with Crippen molar-refractivity contribution in [1.29, 1.82) is 0 Å². The molecule has 0 amide bonds. The lowest BCUT2D eigenvalue weighted by molar-refractivity contribution is 0.641. The Hall–Kier alpha value is -2.43. The molecule has 1 N–H and O–H groups in total. The fourth-order valence-electron chi connectivity index (χ4n) is 2.18. The van der Waals surface area contributed by atoms with E-state index in [9.17, 15) is 0 Å². The maximum atomic E-state index is 4.25. The molecular weight excluding hydrogens is 250 g/mol. The first-order valence-electron chi connectivity index (χ1n) is 6.57. The van der Waals surface area contributed by atoms with Crippen LogP contribution in [-0.2, 0) is 0 Å². The van der Waals surface area contributed by atoms with Crippen LogP contribution in [0.5, 0.6) is 0 Å². The third-order valence-corrected chi connectivity index (χ3v) is 3.13. The normalized spacial score (nSPS) is 15.9. The summed E-state index contributed by atoms with van der Waals surface area (Å²) in [7, 11) is 0. The summed E-state index contributed by atoms with van der Waals surface area (Å²) in [5, 5.41) is 3.05. The summed E-state index contributed by atoms with van der Waals surface area (Å²) >= 11 is 0. The van der Waals surface area contributed by atoms with E-state index >= 15 is 0 Å². The fraction of sp³-hybridized carbons (Fsp3) is 0.267. The van der Waals surface area contributed by atoms with Crippen LogP contribution in [0.4, 0.5) is 11.4 Å². The van der Waals surface area contributed by atoms with Gasteiger partial charge in [-0.05, 0) is 32.0 Å². The Morgan fingerprint density at radius 2 is 2.25 bits per heavy atom. The number of nitrogens with zero attached hydrogens (tertiary/aromatic N) is 4. The van der Waals surface area contributed by atoms with E-state index in [1.807, 2.05) is 12.3 Å². The molecule has 1 fully saturated rings. The second kappa shape index (κ2) is 6.65. The summed E-state index contributed by atoms with van der Waals surface area (Å²) in [4.78, 5) is 14.2. The zero-order valence-electron chi connectivity index (χ0n) is 11.5. The topological polar surface area (TPSA) is 52.9 Å². The van der Waals surface area contributed by atoms with Crippen molar-refractivity contribution >= 4 is 24.1 Å². The number of hydrogen-bond donors (Lipinski definition) is 1. The number of anilines is 2. The van der Waals surface area contributed by atoms with Crippen molar-refractivity contribution in [2.24, 2.45) is 9.98 Å². The van der Waals surface area contributed by atoms with E-state index in [4.69, 9.17) is 0 Å². The molecule has 1 aromatic heterocycles. The molecule has 1 saturated heterocycles. The Balaban J connectivity index is 2.19. The number of guanidine groups is 1. The summed E-state index contributed by atoms with van der Waals surface area (Å²) < 4.78 is 0. The lowest BCUT2D eigenvalue weighted by atomic mass is 10.1. The van der Waals surface area contributed by atoms with Crippen molar-refractivity contribution in [2.45, 2.75) is 19.3 Å². The van der Waals surface area contributed by atoms with Gasteiger partial charge >= 0.3 is 0 Å². The van der Waals surface area contributed by atoms with Crippen molar-refractivity contribution < 1.29 is 0 Å². The number of aliphatic imine (C=N–C) groups is 2. The van der Waals surface area contributed by atoms with Gasteiger partial charge in [0.1, 0.15) is 0 Å². The summed E-state index contributed by atoms with van der Waals surface area (Å²) in [6, 6.07) is 2.01. The van der Waals surface area contributed by atoms with Gasteiger partial charge in [0, 0.05) is 18.4 Å². The highest BCUT2D eigenvalue weighted by molar-refractivity contribution is 5.96. The van der Waals surface area contributed by atoms with E-state index in [-0.39, 0.29) is 0 Å². The van der Waals surface area contributed by atoms with Crippen LogP contribution in [0.2, 0.25) is 0 Å². The minimum absolute atomic E-state index is 0.399. The molecule has 0 aliphatic carbocycles. The molecule has 1 aliphatic heterocycles. The largest absolute Gasteiger partial charge is 0.344 e. The first-order valence-corrected chi connectivity index (χ1v) is 6.57. The smallest absolute Gasteiger partial charge is 0.226 e. The summed E-state index contributed by atoms with van der Waals surface area (Å²) in [6.45, 7) is 12.1. The average Bonchev–Trinajstić information content (AvgIpc) is 2.47. The van der Waals surface area contributed by atoms with E-state index in [1.165, 1.54) is 19.0 Å². The molecule has 104 valence electrons. The Bertz CT molecular complexity index is 547. The quantitative estimate of drug-likeness (QED) is 0.677. The van der Waals surface area contributed by atoms with Crippen LogP contribution in [0.15, 0.2) is 53.5 Å². The third kappa shape index (κ3) is 3.32. The van der Waals surface area contributed by atoms with Crippen LogP contribution < -0.4 is 10.2 Å². The van der Waals surface area contributed by atoms with Gasteiger partial charge in [0.15, 0.2) is 0 Å². The maximum Gasteiger partial charge on any atom is 0.226 e. The molecule has 20 heavy (non-hydrogen) atoms. The van der Waals surface area contributed by atoms with E-state index in [1.54, 1.807) is 6.20 Å². The number of aromatic nitrogens is 1. The van der Waals surface area contributed by atoms with Gasteiger partial charge in [0.05, 0.1) is 23.8 Å². The molecule has 1 aromatic rings. The molecule has 2 rings (SSSR count). The monoisotopic (exact) mass is 269 g/mol. The number of hydrogen-bond acceptors (Lipinski definition) is 3. The van der Waals surface area contributed by atoms with Crippen molar-refractivity contribution in [2.75, 3.05) is 16.8 Å². The zero-order chi connectivity index (χ0) is 14.4. The van der Waals surface area contributed by atoms with Gasteiger partial charge in [-0.1, -0.05) is 13.2 Å². The van der Waals surface area contributed by atoms with E-state index < -0.39 is 0 Å². The molecule has 0 atom stereocenters. The number of pyridine rings is 1. The first-order chi connectivity index (χ1) is 9.74. The molecule has 5 nitrogen and oxygen atoms in total. The molecule has 0 saturated carbocycles. The number of rotatable bonds is 3. The highest BCUT2D eigenvalue weighted by atomic mass is 15.2. The van der Waals surface area contributed by atoms with Crippen LogP contribution >= 0.6 is 0 Å². The number of piperidine rings is 1. The molecule has 0 spiro atoms. The molecule has 0 bridgehead atoms. The van der Waals surface area contributed by atoms with Gasteiger partial charge in [-0.3, -0.25) is 4.98 Å². The molecule has 5 heteroatoms. The van der Waals surface area contributed by atoms with Crippen LogP contribution in [0, 0.1) is 0 Å². The predicted molar refractivity (Wildman–Crippen MR) is 85.4 cm³/mol. The van der Waals surface area contributed by atoms with Gasteiger partial charge in [0.25, 0.3) is 0 Å². The fourth-order valence-corrected chi connectivity index (χ4v) is 2.18. The van der Waals surface area contributed by atoms with E-state index in [0.717, 1.165) is 30.0 Å². The van der Waals surface area contributed by atoms with Crippen molar-refractivity contribution in [1.82, 2.24) is 4.98 Å². The van der Waals surface area contributed by atoms with Gasteiger partial charge in [0.2, 0.25) is 5.96 Å². The summed E-state index contributed by atoms with van der Waals surface area (Å²) in [5.41, 5.74) is 2.98. The van der Waals surface area contributed by atoms with Gasteiger partial charge in [-0.25, -0.2) is 9.98 Å². The second-order valence-corrected chi connectivity index (χ2v) is 4.53. The van der Waals surface area contributed by atoms with Crippen LogP contribution in [0.1, 0.15) is 19.3 Å². The summed E-state index contributed by atoms with van der Waals surface area (Å²) in [5.74, 6) is 0.399.